The Bertz CT molecular complexity index is 3720. The van der Waals surface area contributed by atoms with Crippen molar-refractivity contribution in [3.05, 3.63) is 168 Å². The highest BCUT2D eigenvalue weighted by Gasteiger charge is 2.24. The summed E-state index contributed by atoms with van der Waals surface area (Å²) in [6.45, 7) is 8.90. The standard InChI is InChI=1S/C52H36N6O/c1-29-11-9-12-30(2)46(29)38-24-23-37-35-21-19-33(25-39(35)51-55-42-15-5-7-17-44(42)57(51)49(37)48(38)47-31(3)13-10-14-32(47)4)59-34-20-22-36-40(26-34)52-56-43-16-6-8-18-45(43)58(52)50-41(36)27-53-28-54-50/h5-28H,1-4H3. The molecule has 0 saturated heterocycles. The van der Waals surface area contributed by atoms with Gasteiger partial charge in [0.1, 0.15) is 34.8 Å². The van der Waals surface area contributed by atoms with E-state index < -0.39 is 0 Å². The van der Waals surface area contributed by atoms with Crippen molar-refractivity contribution < 1.29 is 4.74 Å². The first-order valence-corrected chi connectivity index (χ1v) is 20.0. The van der Waals surface area contributed by atoms with Crippen molar-refractivity contribution in [1.82, 2.24) is 28.7 Å². The molecular formula is C52H36N6O. The molecule has 0 unspecified atom stereocenters. The fraction of sp³-hybridized carbons (Fsp3) is 0.0769. The number of imidazole rings is 2. The van der Waals surface area contributed by atoms with E-state index in [0.29, 0.717) is 5.75 Å². The third-order valence-corrected chi connectivity index (χ3v) is 12.2. The van der Waals surface area contributed by atoms with Crippen LogP contribution in [0.1, 0.15) is 22.3 Å². The molecule has 0 aliphatic rings. The average molecular weight is 761 g/mol. The molecule has 0 saturated carbocycles. The van der Waals surface area contributed by atoms with Crippen LogP contribution in [0.2, 0.25) is 0 Å². The van der Waals surface area contributed by atoms with Crippen LogP contribution in [0.5, 0.6) is 11.5 Å². The van der Waals surface area contributed by atoms with Crippen molar-refractivity contribution in [2.45, 2.75) is 27.7 Å². The molecule has 0 fully saturated rings. The molecule has 0 bridgehead atoms. The zero-order chi connectivity index (χ0) is 39.5. The van der Waals surface area contributed by atoms with Crippen LogP contribution in [0.25, 0.3) is 99.1 Å². The Labute approximate surface area is 338 Å². The van der Waals surface area contributed by atoms with E-state index in [2.05, 4.69) is 151 Å². The number of aryl methyl sites for hydroxylation is 4. The zero-order valence-electron chi connectivity index (χ0n) is 32.9. The number of hydrogen-bond donors (Lipinski definition) is 0. The van der Waals surface area contributed by atoms with Crippen LogP contribution in [0, 0.1) is 27.7 Å². The second kappa shape index (κ2) is 12.4. The molecule has 0 aliphatic carbocycles. The summed E-state index contributed by atoms with van der Waals surface area (Å²) in [4.78, 5) is 19.5. The topological polar surface area (TPSA) is 69.6 Å². The van der Waals surface area contributed by atoms with Gasteiger partial charge in [-0.05, 0) is 138 Å². The van der Waals surface area contributed by atoms with Crippen molar-refractivity contribution in [1.29, 1.82) is 0 Å². The van der Waals surface area contributed by atoms with Gasteiger partial charge in [-0.1, -0.05) is 72.8 Å². The van der Waals surface area contributed by atoms with Gasteiger partial charge in [0.15, 0.2) is 0 Å². The van der Waals surface area contributed by atoms with Crippen molar-refractivity contribution >= 4 is 76.8 Å². The zero-order valence-corrected chi connectivity index (χ0v) is 32.9. The van der Waals surface area contributed by atoms with Gasteiger partial charge in [-0.25, -0.2) is 19.9 Å². The highest BCUT2D eigenvalue weighted by molar-refractivity contribution is 6.19. The molecule has 12 rings (SSSR count). The predicted octanol–water partition coefficient (Wildman–Crippen LogP) is 13.1. The van der Waals surface area contributed by atoms with E-state index in [9.17, 15) is 0 Å². The molecule has 5 aromatic heterocycles. The number of hydrogen-bond acceptors (Lipinski definition) is 5. The molecule has 0 spiro atoms. The Kier molecular flexibility index (Phi) is 7.06. The molecule has 7 aromatic carbocycles. The van der Waals surface area contributed by atoms with Crippen LogP contribution < -0.4 is 4.74 Å². The van der Waals surface area contributed by atoms with Gasteiger partial charge < -0.3 is 4.74 Å². The number of nitrogens with zero attached hydrogens (tertiary/aromatic N) is 6. The second-order valence-electron chi connectivity index (χ2n) is 15.7. The Morgan fingerprint density at radius 2 is 0.983 bits per heavy atom. The molecule has 59 heavy (non-hydrogen) atoms. The van der Waals surface area contributed by atoms with Crippen molar-refractivity contribution in [2.75, 3.05) is 0 Å². The largest absolute Gasteiger partial charge is 0.457 e. The molecule has 0 radical (unpaired) electrons. The Hall–Kier alpha value is -7.64. The lowest BCUT2D eigenvalue weighted by Gasteiger charge is -2.22. The van der Waals surface area contributed by atoms with Crippen LogP contribution in [-0.4, -0.2) is 28.7 Å². The van der Waals surface area contributed by atoms with Crippen LogP contribution in [0.15, 0.2) is 146 Å². The van der Waals surface area contributed by atoms with Gasteiger partial charge in [-0.15, -0.1) is 0 Å². The first kappa shape index (κ1) is 33.5. The fourth-order valence-electron chi connectivity index (χ4n) is 9.65. The van der Waals surface area contributed by atoms with Gasteiger partial charge in [0.05, 0.1) is 27.6 Å². The number of para-hydroxylation sites is 4. The summed E-state index contributed by atoms with van der Waals surface area (Å²) in [6, 6.07) is 47.1. The van der Waals surface area contributed by atoms with Crippen molar-refractivity contribution in [3.8, 4) is 33.8 Å². The third kappa shape index (κ3) is 4.82. The fourth-order valence-corrected chi connectivity index (χ4v) is 9.65. The van der Waals surface area contributed by atoms with E-state index in [1.807, 2.05) is 30.5 Å². The molecule has 0 amide bonds. The second-order valence-corrected chi connectivity index (χ2v) is 15.7. The summed E-state index contributed by atoms with van der Waals surface area (Å²) in [6.07, 6.45) is 3.47. The van der Waals surface area contributed by atoms with E-state index >= 15 is 0 Å². The van der Waals surface area contributed by atoms with Crippen molar-refractivity contribution in [2.24, 2.45) is 0 Å². The van der Waals surface area contributed by atoms with Gasteiger partial charge in [-0.3, -0.25) is 8.80 Å². The summed E-state index contributed by atoms with van der Waals surface area (Å²) in [5.41, 5.74) is 17.6. The minimum absolute atomic E-state index is 0.711. The smallest absolute Gasteiger partial charge is 0.150 e. The van der Waals surface area contributed by atoms with E-state index in [4.69, 9.17) is 19.7 Å². The van der Waals surface area contributed by atoms with Gasteiger partial charge in [0, 0.05) is 33.3 Å². The van der Waals surface area contributed by atoms with Crippen LogP contribution >= 0.6 is 0 Å². The molecule has 280 valence electrons. The summed E-state index contributed by atoms with van der Waals surface area (Å²) >= 11 is 0. The maximum absolute atomic E-state index is 6.79. The first-order valence-electron chi connectivity index (χ1n) is 20.0. The molecule has 12 aromatic rings. The average Bonchev–Trinajstić information content (AvgIpc) is 3.84. The lowest BCUT2D eigenvalue weighted by molar-refractivity contribution is 0.484. The summed E-state index contributed by atoms with van der Waals surface area (Å²) in [5.74, 6) is 1.43. The molecule has 7 heteroatoms. The normalized spacial score (nSPS) is 12.1. The van der Waals surface area contributed by atoms with Crippen LogP contribution in [0.4, 0.5) is 0 Å². The van der Waals surface area contributed by atoms with Gasteiger partial charge in [-0.2, -0.15) is 0 Å². The van der Waals surface area contributed by atoms with Gasteiger partial charge in [0.25, 0.3) is 0 Å². The number of pyridine rings is 2. The van der Waals surface area contributed by atoms with E-state index in [1.54, 1.807) is 6.33 Å². The highest BCUT2D eigenvalue weighted by atomic mass is 16.5. The third-order valence-electron chi connectivity index (χ3n) is 12.2. The highest BCUT2D eigenvalue weighted by Crippen LogP contribution is 2.46. The number of benzene rings is 7. The molecule has 0 atom stereocenters. The molecule has 5 heterocycles. The lowest BCUT2D eigenvalue weighted by atomic mass is 9.84. The van der Waals surface area contributed by atoms with E-state index in [1.165, 1.54) is 44.5 Å². The number of rotatable bonds is 4. The number of fused-ring (bicyclic) bond motifs is 16. The molecule has 0 aliphatic heterocycles. The first-order chi connectivity index (χ1) is 28.9. The van der Waals surface area contributed by atoms with Crippen LogP contribution in [0.3, 0.4) is 0 Å². The van der Waals surface area contributed by atoms with Crippen molar-refractivity contribution in [3.63, 3.8) is 0 Å². The SMILES string of the molecule is Cc1cccc(C)c1-c1ccc2c3ccc(Oc4ccc5c6cncnc6n6c7ccccc7nc6c5c4)cc3c3nc4ccccc4n3c2c1-c1c(C)cccc1C. The minimum Gasteiger partial charge on any atom is -0.457 e. The summed E-state index contributed by atoms with van der Waals surface area (Å²) < 4.78 is 11.3. The van der Waals surface area contributed by atoms with Gasteiger partial charge in [0.2, 0.25) is 0 Å². The molecule has 0 N–H and O–H groups in total. The Morgan fingerprint density at radius 1 is 0.441 bits per heavy atom. The van der Waals surface area contributed by atoms with Crippen LogP contribution in [-0.2, 0) is 0 Å². The van der Waals surface area contributed by atoms with Gasteiger partial charge >= 0.3 is 0 Å². The summed E-state index contributed by atoms with van der Waals surface area (Å²) in [5, 5.41) is 6.23. The summed E-state index contributed by atoms with van der Waals surface area (Å²) in [7, 11) is 0. The number of aromatic nitrogens is 6. The quantitative estimate of drug-likeness (QED) is 0.167. The monoisotopic (exact) mass is 760 g/mol. The minimum atomic E-state index is 0.711. The van der Waals surface area contributed by atoms with E-state index in [0.717, 1.165) is 82.6 Å². The number of ether oxygens (including phenoxy) is 1. The lowest BCUT2D eigenvalue weighted by Crippen LogP contribution is -2.00. The predicted molar refractivity (Wildman–Crippen MR) is 241 cm³/mol. The maximum Gasteiger partial charge on any atom is 0.150 e. The molecule has 7 nitrogen and oxygen atoms in total. The Morgan fingerprint density at radius 3 is 1.63 bits per heavy atom. The Balaban J connectivity index is 1.12. The van der Waals surface area contributed by atoms with E-state index in [-0.39, 0.29) is 0 Å². The molecular weight excluding hydrogens is 725 g/mol. The maximum atomic E-state index is 6.79.